The van der Waals surface area contributed by atoms with Crippen molar-refractivity contribution in [2.75, 3.05) is 13.2 Å². The number of esters is 3. The number of hydrogen-bond acceptors (Lipinski definition) is 6. The second-order valence-corrected chi connectivity index (χ2v) is 21.3. The van der Waals surface area contributed by atoms with Crippen molar-refractivity contribution in [3.05, 3.63) is 134 Å². The van der Waals surface area contributed by atoms with Crippen LogP contribution >= 0.6 is 0 Å². The van der Waals surface area contributed by atoms with Crippen LogP contribution in [0.25, 0.3) is 0 Å². The molecule has 6 heteroatoms. The molecule has 0 aromatic heterocycles. The van der Waals surface area contributed by atoms with E-state index in [9.17, 15) is 14.4 Å². The molecule has 0 saturated heterocycles. The third-order valence-corrected chi connectivity index (χ3v) is 13.6. The largest absolute Gasteiger partial charge is 0.462 e. The summed E-state index contributed by atoms with van der Waals surface area (Å²) in [4.78, 5) is 38.4. The fourth-order valence-corrected chi connectivity index (χ4v) is 8.79. The number of carbonyl (C=O) groups excluding carboxylic acids is 3. The van der Waals surface area contributed by atoms with E-state index in [1.807, 2.05) is 0 Å². The van der Waals surface area contributed by atoms with Gasteiger partial charge in [-0.25, -0.2) is 0 Å². The Morgan fingerprint density at radius 1 is 0.266 bits per heavy atom. The Hall–Kier alpha value is -4.45. The number of allylic oxidation sites excluding steroid dienone is 22. The lowest BCUT2D eigenvalue weighted by atomic mass is 10.0. The first kappa shape index (κ1) is 74.5. The van der Waals surface area contributed by atoms with Crippen molar-refractivity contribution in [3.8, 4) is 0 Å². The molecule has 448 valence electrons. The number of unbranched alkanes of at least 4 members (excludes halogenated alkanes) is 25. The summed E-state index contributed by atoms with van der Waals surface area (Å²) in [5.74, 6) is -0.915. The highest BCUT2D eigenvalue weighted by Crippen LogP contribution is 2.16. The van der Waals surface area contributed by atoms with E-state index in [0.717, 1.165) is 154 Å². The fraction of sp³-hybridized carbons (Fsp3) is 0.658. The van der Waals surface area contributed by atoms with Crippen LogP contribution in [-0.2, 0) is 28.6 Å². The second kappa shape index (κ2) is 66.1. The monoisotopic (exact) mass is 1090 g/mol. The molecular weight excluding hydrogens is 973 g/mol. The van der Waals surface area contributed by atoms with Crippen molar-refractivity contribution in [1.29, 1.82) is 0 Å². The maximum Gasteiger partial charge on any atom is 0.306 e. The van der Waals surface area contributed by atoms with Gasteiger partial charge >= 0.3 is 17.9 Å². The highest BCUT2D eigenvalue weighted by Gasteiger charge is 2.19. The van der Waals surface area contributed by atoms with Gasteiger partial charge in [0.1, 0.15) is 13.2 Å². The summed E-state index contributed by atoms with van der Waals surface area (Å²) in [6.07, 6.45) is 93.1. The molecule has 0 aromatic rings. The zero-order valence-corrected chi connectivity index (χ0v) is 51.3. The molecule has 0 rings (SSSR count). The van der Waals surface area contributed by atoms with Crippen molar-refractivity contribution in [3.63, 3.8) is 0 Å². The highest BCUT2D eigenvalue weighted by molar-refractivity contribution is 5.71. The molecule has 1 unspecified atom stereocenters. The van der Waals surface area contributed by atoms with E-state index >= 15 is 0 Å². The van der Waals surface area contributed by atoms with Gasteiger partial charge in [0, 0.05) is 19.3 Å². The van der Waals surface area contributed by atoms with Gasteiger partial charge in [0.25, 0.3) is 0 Å². The average Bonchev–Trinajstić information content (AvgIpc) is 3.45. The van der Waals surface area contributed by atoms with Gasteiger partial charge in [0.2, 0.25) is 0 Å². The average molecular weight is 1090 g/mol. The Bertz CT molecular complexity index is 1680. The van der Waals surface area contributed by atoms with E-state index in [2.05, 4.69) is 154 Å². The lowest BCUT2D eigenvalue weighted by Crippen LogP contribution is -2.30. The van der Waals surface area contributed by atoms with Gasteiger partial charge in [-0.2, -0.15) is 0 Å². The topological polar surface area (TPSA) is 78.9 Å². The first-order valence-corrected chi connectivity index (χ1v) is 32.7. The summed E-state index contributed by atoms with van der Waals surface area (Å²) in [6.45, 7) is 6.34. The van der Waals surface area contributed by atoms with Crippen molar-refractivity contribution in [2.24, 2.45) is 0 Å². The molecule has 6 nitrogen and oxygen atoms in total. The Kier molecular flexibility index (Phi) is 62.3. The zero-order valence-electron chi connectivity index (χ0n) is 51.3. The molecule has 0 bridgehead atoms. The quantitative estimate of drug-likeness (QED) is 0.0261. The van der Waals surface area contributed by atoms with Crippen molar-refractivity contribution < 1.29 is 28.6 Å². The molecule has 0 heterocycles. The highest BCUT2D eigenvalue weighted by atomic mass is 16.6. The minimum Gasteiger partial charge on any atom is -0.462 e. The number of rotatable bonds is 58. The Morgan fingerprint density at radius 3 is 0.772 bits per heavy atom. The van der Waals surface area contributed by atoms with Gasteiger partial charge in [-0.15, -0.1) is 0 Å². The smallest absolute Gasteiger partial charge is 0.306 e. The molecule has 0 N–H and O–H groups in total. The SMILES string of the molecule is CC/C=C\C/C=C\C/C=C\C/C=C\C/C=C\CCCCCCCCCC(=O)OC(COC(=O)CCCCCCC/C=C\C/C=C\CCC)COC(=O)CCCCCCCCCCCCCC/C=C\C/C=C\C/C=C\C/C=C\CC. The molecule has 0 radical (unpaired) electrons. The van der Waals surface area contributed by atoms with Crippen molar-refractivity contribution in [1.82, 2.24) is 0 Å². The third kappa shape index (κ3) is 64.3. The molecule has 1 atom stereocenters. The standard InChI is InChI=1S/C73H120O6/c1-4-7-10-13-16-19-22-25-27-29-31-33-35-36-38-39-41-43-45-48-51-54-57-60-63-66-72(75)78-69-70(68-77-71(74)65-62-59-56-53-50-47-24-21-18-15-12-9-6-3)79-73(76)67-64-61-58-55-52-49-46-44-42-40-37-34-32-30-28-26-23-20-17-14-11-8-5-2/h7-8,10-12,15-17,19-21,24-28,31-34,40,42,70H,4-6,9,13-14,18,22-23,29-30,35-39,41,43-69H2,1-3H3/b10-7-,11-8-,15-12-,19-16-,20-17-,24-21-,27-25-,28-26-,33-31-,34-32-,42-40-. The van der Waals surface area contributed by atoms with E-state index in [1.165, 1.54) is 96.3 Å². The predicted molar refractivity (Wildman–Crippen MR) is 343 cm³/mol. The van der Waals surface area contributed by atoms with Crippen LogP contribution in [0.3, 0.4) is 0 Å². The van der Waals surface area contributed by atoms with Crippen LogP contribution in [-0.4, -0.2) is 37.2 Å². The normalized spacial score (nSPS) is 13.0. The number of hydrogen-bond donors (Lipinski definition) is 0. The maximum absolute atomic E-state index is 12.9. The predicted octanol–water partition coefficient (Wildman–Crippen LogP) is 22.5. The number of carbonyl (C=O) groups is 3. The van der Waals surface area contributed by atoms with E-state index in [-0.39, 0.29) is 31.1 Å². The summed E-state index contributed by atoms with van der Waals surface area (Å²) in [5.41, 5.74) is 0. The fourth-order valence-electron chi connectivity index (χ4n) is 8.79. The van der Waals surface area contributed by atoms with Crippen molar-refractivity contribution >= 4 is 17.9 Å². The maximum atomic E-state index is 12.9. The summed E-state index contributed by atoms with van der Waals surface area (Å²) in [7, 11) is 0. The van der Waals surface area contributed by atoms with E-state index in [0.29, 0.717) is 19.3 Å². The minimum absolute atomic E-state index is 0.0910. The van der Waals surface area contributed by atoms with Crippen molar-refractivity contribution in [2.45, 2.75) is 297 Å². The van der Waals surface area contributed by atoms with Crippen LogP contribution in [0, 0.1) is 0 Å². The van der Waals surface area contributed by atoms with Gasteiger partial charge in [-0.1, -0.05) is 276 Å². The van der Waals surface area contributed by atoms with Gasteiger partial charge in [0.15, 0.2) is 6.10 Å². The summed E-state index contributed by atoms with van der Waals surface area (Å²) < 4.78 is 16.9. The molecule has 0 aliphatic heterocycles. The summed E-state index contributed by atoms with van der Waals surface area (Å²) in [5, 5.41) is 0. The van der Waals surface area contributed by atoms with E-state index < -0.39 is 6.10 Å². The van der Waals surface area contributed by atoms with E-state index in [1.54, 1.807) is 0 Å². The van der Waals surface area contributed by atoms with Gasteiger partial charge < -0.3 is 14.2 Å². The molecule has 0 aliphatic carbocycles. The molecule has 0 spiro atoms. The van der Waals surface area contributed by atoms with Gasteiger partial charge in [-0.05, 0) is 128 Å². The molecule has 0 aliphatic rings. The second-order valence-electron chi connectivity index (χ2n) is 21.3. The van der Waals surface area contributed by atoms with Gasteiger partial charge in [0.05, 0.1) is 0 Å². The summed E-state index contributed by atoms with van der Waals surface area (Å²) in [6, 6.07) is 0. The Balaban J connectivity index is 4.36. The van der Waals surface area contributed by atoms with Crippen LogP contribution in [0.15, 0.2) is 134 Å². The Labute approximate surface area is 487 Å². The number of ether oxygens (including phenoxy) is 3. The minimum atomic E-state index is -0.797. The van der Waals surface area contributed by atoms with Crippen LogP contribution in [0.5, 0.6) is 0 Å². The zero-order chi connectivity index (χ0) is 57.1. The van der Waals surface area contributed by atoms with Crippen LogP contribution in [0.2, 0.25) is 0 Å². The molecule has 0 fully saturated rings. The lowest BCUT2D eigenvalue weighted by molar-refractivity contribution is -0.167. The first-order chi connectivity index (χ1) is 39.0. The van der Waals surface area contributed by atoms with Crippen LogP contribution in [0.1, 0.15) is 290 Å². The van der Waals surface area contributed by atoms with Crippen LogP contribution < -0.4 is 0 Å². The molecular formula is C73H120O6. The van der Waals surface area contributed by atoms with Gasteiger partial charge in [-0.3, -0.25) is 14.4 Å². The van der Waals surface area contributed by atoms with E-state index in [4.69, 9.17) is 14.2 Å². The van der Waals surface area contributed by atoms with Crippen LogP contribution in [0.4, 0.5) is 0 Å². The molecule has 0 saturated carbocycles. The summed E-state index contributed by atoms with van der Waals surface area (Å²) >= 11 is 0. The molecule has 79 heavy (non-hydrogen) atoms. The Morgan fingerprint density at radius 2 is 0.494 bits per heavy atom. The molecule has 0 amide bonds. The first-order valence-electron chi connectivity index (χ1n) is 32.7. The lowest BCUT2D eigenvalue weighted by Gasteiger charge is -2.18. The third-order valence-electron chi connectivity index (χ3n) is 13.6. The molecule has 0 aromatic carbocycles.